The Morgan fingerprint density at radius 3 is 2.39 bits per heavy atom. The lowest BCUT2D eigenvalue weighted by Crippen LogP contribution is -2.45. The zero-order chi connectivity index (χ0) is 22.1. The molecule has 2 aromatic carbocycles. The summed E-state index contributed by atoms with van der Waals surface area (Å²) < 4.78 is 4.67. The quantitative estimate of drug-likeness (QED) is 0.508. The molecule has 1 unspecified atom stereocenters. The molecule has 1 saturated heterocycles. The standard InChI is InChI=1S/C23H21ClN2O5/c1-31-23(30)15-8-10-17(11-9-15)26-20(27)12-19(22(26)29)25(21(28)14-6-7-14)13-16-4-2-3-5-18(16)24/h2-5,8-11,14,19H,6-7,12-13H2,1H3. The second-order valence-corrected chi connectivity index (χ2v) is 8.06. The van der Waals surface area contributed by atoms with Crippen molar-refractivity contribution in [3.63, 3.8) is 0 Å². The van der Waals surface area contributed by atoms with Gasteiger partial charge in [0.1, 0.15) is 6.04 Å². The second kappa shape index (κ2) is 8.51. The summed E-state index contributed by atoms with van der Waals surface area (Å²) in [6.07, 6.45) is 1.47. The summed E-state index contributed by atoms with van der Waals surface area (Å²) in [4.78, 5) is 53.2. The van der Waals surface area contributed by atoms with E-state index in [4.69, 9.17) is 11.6 Å². The van der Waals surface area contributed by atoms with E-state index in [-0.39, 0.29) is 24.8 Å². The summed E-state index contributed by atoms with van der Waals surface area (Å²) in [6.45, 7) is 0.161. The molecule has 0 bridgehead atoms. The van der Waals surface area contributed by atoms with E-state index in [9.17, 15) is 19.2 Å². The van der Waals surface area contributed by atoms with Crippen molar-refractivity contribution in [2.24, 2.45) is 5.92 Å². The number of hydrogen-bond donors (Lipinski definition) is 0. The van der Waals surface area contributed by atoms with Crippen molar-refractivity contribution >= 4 is 41.0 Å². The molecule has 1 saturated carbocycles. The number of carbonyl (C=O) groups excluding carboxylic acids is 4. The minimum absolute atomic E-state index is 0.0967. The molecule has 1 atom stereocenters. The highest BCUT2D eigenvalue weighted by Crippen LogP contribution is 2.35. The van der Waals surface area contributed by atoms with Gasteiger partial charge in [0, 0.05) is 17.5 Å². The van der Waals surface area contributed by atoms with Gasteiger partial charge in [-0.2, -0.15) is 0 Å². The highest BCUT2D eigenvalue weighted by molar-refractivity contribution is 6.31. The molecule has 2 fully saturated rings. The lowest BCUT2D eigenvalue weighted by molar-refractivity contribution is -0.140. The van der Waals surface area contributed by atoms with Crippen molar-refractivity contribution in [2.45, 2.75) is 31.8 Å². The smallest absolute Gasteiger partial charge is 0.337 e. The fourth-order valence-corrected chi connectivity index (χ4v) is 3.91. The van der Waals surface area contributed by atoms with E-state index in [1.165, 1.54) is 36.3 Å². The van der Waals surface area contributed by atoms with Crippen molar-refractivity contribution in [3.8, 4) is 0 Å². The van der Waals surface area contributed by atoms with Gasteiger partial charge in [-0.05, 0) is 48.7 Å². The average Bonchev–Trinajstić information content (AvgIpc) is 3.58. The number of rotatable bonds is 6. The molecule has 2 aliphatic rings. The number of esters is 1. The molecule has 1 aliphatic heterocycles. The summed E-state index contributed by atoms with van der Waals surface area (Å²) >= 11 is 6.28. The Balaban J connectivity index is 1.60. The lowest BCUT2D eigenvalue weighted by atomic mass is 10.1. The third kappa shape index (κ3) is 4.18. The average molecular weight is 441 g/mol. The van der Waals surface area contributed by atoms with Crippen LogP contribution in [0.1, 0.15) is 35.2 Å². The first-order valence-electron chi connectivity index (χ1n) is 9.99. The van der Waals surface area contributed by atoms with E-state index < -0.39 is 23.8 Å². The normalized spacial score (nSPS) is 18.3. The predicted octanol–water partition coefficient (Wildman–Crippen LogP) is 3.20. The maximum atomic E-state index is 13.2. The number of ether oxygens (including phenoxy) is 1. The van der Waals surface area contributed by atoms with Crippen LogP contribution in [0.3, 0.4) is 0 Å². The predicted molar refractivity (Wildman–Crippen MR) is 113 cm³/mol. The molecular formula is C23H21ClN2O5. The topological polar surface area (TPSA) is 84.0 Å². The maximum absolute atomic E-state index is 13.2. The number of halogens is 1. The van der Waals surface area contributed by atoms with Gasteiger partial charge in [-0.15, -0.1) is 0 Å². The molecule has 0 aromatic heterocycles. The number of amides is 3. The van der Waals surface area contributed by atoms with E-state index in [2.05, 4.69) is 4.74 Å². The molecule has 8 heteroatoms. The Kier molecular flexibility index (Phi) is 5.78. The largest absolute Gasteiger partial charge is 0.465 e. The molecular weight excluding hydrogens is 420 g/mol. The van der Waals surface area contributed by atoms with Crippen molar-refractivity contribution in [1.29, 1.82) is 0 Å². The molecule has 0 radical (unpaired) electrons. The van der Waals surface area contributed by atoms with Gasteiger partial charge in [0.2, 0.25) is 11.8 Å². The van der Waals surface area contributed by atoms with E-state index >= 15 is 0 Å². The minimum atomic E-state index is -0.892. The minimum Gasteiger partial charge on any atom is -0.465 e. The van der Waals surface area contributed by atoms with Crippen LogP contribution in [-0.2, 0) is 25.7 Å². The molecule has 0 N–H and O–H groups in total. The third-order valence-electron chi connectivity index (χ3n) is 5.55. The first kappa shape index (κ1) is 21.1. The van der Waals surface area contributed by atoms with Gasteiger partial charge >= 0.3 is 5.97 Å². The SMILES string of the molecule is COC(=O)c1ccc(N2C(=O)CC(N(Cc3ccccc3Cl)C(=O)C3CC3)C2=O)cc1. The third-order valence-corrected chi connectivity index (χ3v) is 5.92. The Morgan fingerprint density at radius 1 is 1.10 bits per heavy atom. The van der Waals surface area contributed by atoms with E-state index in [0.29, 0.717) is 16.3 Å². The molecule has 7 nitrogen and oxygen atoms in total. The number of nitrogens with zero attached hydrogens (tertiary/aromatic N) is 2. The summed E-state index contributed by atoms with van der Waals surface area (Å²) in [7, 11) is 1.28. The van der Waals surface area contributed by atoms with Crippen LogP contribution in [0.25, 0.3) is 0 Å². The van der Waals surface area contributed by atoms with Gasteiger partial charge in [0.15, 0.2) is 0 Å². The van der Waals surface area contributed by atoms with Crippen LogP contribution < -0.4 is 4.90 Å². The number of carbonyl (C=O) groups is 4. The van der Waals surface area contributed by atoms with E-state index in [0.717, 1.165) is 23.3 Å². The zero-order valence-corrected chi connectivity index (χ0v) is 17.7. The van der Waals surface area contributed by atoms with Gasteiger partial charge in [-0.3, -0.25) is 14.4 Å². The van der Waals surface area contributed by atoms with Crippen LogP contribution in [0, 0.1) is 5.92 Å². The molecule has 31 heavy (non-hydrogen) atoms. The molecule has 4 rings (SSSR count). The number of hydrogen-bond acceptors (Lipinski definition) is 5. The van der Waals surface area contributed by atoms with Crippen molar-refractivity contribution in [3.05, 3.63) is 64.7 Å². The van der Waals surface area contributed by atoms with Gasteiger partial charge < -0.3 is 9.64 Å². The molecule has 0 spiro atoms. The first-order valence-corrected chi connectivity index (χ1v) is 10.4. The van der Waals surface area contributed by atoms with Crippen LogP contribution >= 0.6 is 11.6 Å². The van der Waals surface area contributed by atoms with Gasteiger partial charge in [-0.1, -0.05) is 29.8 Å². The Bertz CT molecular complexity index is 1050. The highest BCUT2D eigenvalue weighted by Gasteiger charge is 2.47. The Labute approximate surface area is 184 Å². The molecule has 160 valence electrons. The zero-order valence-electron chi connectivity index (χ0n) is 16.9. The van der Waals surface area contributed by atoms with Gasteiger partial charge in [0.05, 0.1) is 24.8 Å². The van der Waals surface area contributed by atoms with E-state index in [1.54, 1.807) is 18.2 Å². The molecule has 3 amide bonds. The summed E-state index contributed by atoms with van der Waals surface area (Å²) in [6, 6.07) is 12.3. The molecule has 1 aliphatic carbocycles. The highest BCUT2D eigenvalue weighted by atomic mass is 35.5. The molecule has 1 heterocycles. The van der Waals surface area contributed by atoms with Crippen molar-refractivity contribution in [2.75, 3.05) is 12.0 Å². The summed E-state index contributed by atoms with van der Waals surface area (Å²) in [5.74, 6) is -1.61. The van der Waals surface area contributed by atoms with Gasteiger partial charge in [-0.25, -0.2) is 9.69 Å². The Hall–Kier alpha value is -3.19. The first-order chi connectivity index (χ1) is 14.9. The van der Waals surface area contributed by atoms with Crippen molar-refractivity contribution < 1.29 is 23.9 Å². The number of anilines is 1. The number of benzene rings is 2. The maximum Gasteiger partial charge on any atom is 0.337 e. The fourth-order valence-electron chi connectivity index (χ4n) is 3.71. The van der Waals surface area contributed by atoms with Crippen LogP contribution in [-0.4, -0.2) is 41.7 Å². The summed E-state index contributed by atoms with van der Waals surface area (Å²) in [5, 5.41) is 0.503. The van der Waals surface area contributed by atoms with Gasteiger partial charge in [0.25, 0.3) is 5.91 Å². The lowest BCUT2D eigenvalue weighted by Gasteiger charge is -2.28. The Morgan fingerprint density at radius 2 is 1.77 bits per heavy atom. The van der Waals surface area contributed by atoms with Crippen LogP contribution in [0.4, 0.5) is 5.69 Å². The number of methoxy groups -OCH3 is 1. The van der Waals surface area contributed by atoms with E-state index in [1.807, 2.05) is 6.07 Å². The monoisotopic (exact) mass is 440 g/mol. The number of imide groups is 1. The van der Waals surface area contributed by atoms with Crippen LogP contribution in [0.2, 0.25) is 5.02 Å². The second-order valence-electron chi connectivity index (χ2n) is 7.66. The molecule has 2 aromatic rings. The van der Waals surface area contributed by atoms with Crippen LogP contribution in [0.15, 0.2) is 48.5 Å². The fraction of sp³-hybridized carbons (Fsp3) is 0.304. The summed E-state index contributed by atoms with van der Waals surface area (Å²) in [5.41, 5.74) is 1.38. The van der Waals surface area contributed by atoms with Crippen molar-refractivity contribution in [1.82, 2.24) is 4.90 Å². The van der Waals surface area contributed by atoms with Crippen LogP contribution in [0.5, 0.6) is 0 Å².